The van der Waals surface area contributed by atoms with E-state index in [1.54, 1.807) is 0 Å². The van der Waals surface area contributed by atoms with E-state index in [4.69, 9.17) is 4.74 Å². The largest absolute Gasteiger partial charge is 0.481 e. The Morgan fingerprint density at radius 3 is 2.42 bits per heavy atom. The Morgan fingerprint density at radius 2 is 1.89 bits per heavy atom. The molecule has 0 aromatic heterocycles. The summed E-state index contributed by atoms with van der Waals surface area (Å²) in [5.74, 6) is -0.812. The summed E-state index contributed by atoms with van der Waals surface area (Å²) >= 11 is 0. The lowest BCUT2D eigenvalue weighted by Gasteiger charge is -2.24. The minimum Gasteiger partial charge on any atom is -0.481 e. The monoisotopic (exact) mass is 272 g/mol. The molecule has 1 aliphatic carbocycles. The quantitative estimate of drug-likeness (QED) is 0.611. The molecule has 0 saturated heterocycles. The summed E-state index contributed by atoms with van der Waals surface area (Å²) in [4.78, 5) is 22.8. The van der Waals surface area contributed by atoms with Gasteiger partial charge in [-0.3, -0.25) is 4.79 Å². The smallest absolute Gasteiger partial charge is 0.314 e. The molecule has 3 N–H and O–H groups in total. The number of hydrogen-bond acceptors (Lipinski definition) is 3. The molecule has 0 unspecified atom stereocenters. The Kier molecular flexibility index (Phi) is 6.08. The Hall–Kier alpha value is -1.30. The molecule has 1 fully saturated rings. The van der Waals surface area contributed by atoms with Gasteiger partial charge in [0.05, 0.1) is 18.1 Å². The Bertz CT molecular complexity index is 312. The maximum atomic E-state index is 11.5. The van der Waals surface area contributed by atoms with Crippen molar-refractivity contribution in [3.05, 3.63) is 0 Å². The first-order valence-electron chi connectivity index (χ1n) is 6.83. The van der Waals surface area contributed by atoms with Crippen molar-refractivity contribution in [1.29, 1.82) is 0 Å². The molecule has 0 aliphatic heterocycles. The van der Waals surface area contributed by atoms with Gasteiger partial charge < -0.3 is 20.5 Å². The molecule has 0 atom stereocenters. The highest BCUT2D eigenvalue weighted by atomic mass is 16.5. The Balaban J connectivity index is 2.23. The second-order valence-electron chi connectivity index (χ2n) is 5.32. The lowest BCUT2D eigenvalue weighted by molar-refractivity contribution is -0.148. The van der Waals surface area contributed by atoms with Gasteiger partial charge in [-0.1, -0.05) is 12.8 Å². The second kappa shape index (κ2) is 7.33. The Labute approximate surface area is 113 Å². The molecule has 0 aromatic rings. The molecular weight excluding hydrogens is 248 g/mol. The van der Waals surface area contributed by atoms with E-state index in [1.807, 2.05) is 13.8 Å². The first-order chi connectivity index (χ1) is 8.96. The number of carbonyl (C=O) groups excluding carboxylic acids is 1. The molecule has 19 heavy (non-hydrogen) atoms. The maximum Gasteiger partial charge on any atom is 0.314 e. The molecule has 110 valence electrons. The van der Waals surface area contributed by atoms with Gasteiger partial charge in [-0.05, 0) is 26.7 Å². The van der Waals surface area contributed by atoms with Crippen LogP contribution in [0.2, 0.25) is 0 Å². The standard InChI is InChI=1S/C13H24N2O4/c1-10(2)19-8-7-14-12(18)15-9-13(11(16)17)5-3-4-6-13/h10H,3-9H2,1-2H3,(H,16,17)(H2,14,15,18). The highest BCUT2D eigenvalue weighted by molar-refractivity contribution is 5.78. The van der Waals surface area contributed by atoms with Gasteiger partial charge in [0, 0.05) is 13.1 Å². The molecular formula is C13H24N2O4. The van der Waals surface area contributed by atoms with Gasteiger partial charge in [0.2, 0.25) is 0 Å². The number of amides is 2. The average Bonchev–Trinajstić information content (AvgIpc) is 2.82. The molecule has 0 spiro atoms. The first kappa shape index (κ1) is 15.8. The third-order valence-corrected chi connectivity index (χ3v) is 3.44. The summed E-state index contributed by atoms with van der Waals surface area (Å²) < 4.78 is 5.29. The molecule has 1 rings (SSSR count). The Morgan fingerprint density at radius 1 is 1.26 bits per heavy atom. The van der Waals surface area contributed by atoms with Crippen LogP contribution in [0.5, 0.6) is 0 Å². The number of carboxylic acid groups (broad SMARTS) is 1. The van der Waals surface area contributed by atoms with Gasteiger partial charge in [-0.15, -0.1) is 0 Å². The van der Waals surface area contributed by atoms with Gasteiger partial charge in [-0.25, -0.2) is 4.79 Å². The van der Waals surface area contributed by atoms with Crippen LogP contribution in [0.15, 0.2) is 0 Å². The van der Waals surface area contributed by atoms with E-state index < -0.39 is 11.4 Å². The van der Waals surface area contributed by atoms with Crippen molar-refractivity contribution >= 4 is 12.0 Å². The van der Waals surface area contributed by atoms with Crippen LogP contribution in [-0.4, -0.2) is 42.9 Å². The summed E-state index contributed by atoms with van der Waals surface area (Å²) in [5.41, 5.74) is -0.772. The number of rotatable bonds is 7. The molecule has 6 nitrogen and oxygen atoms in total. The topological polar surface area (TPSA) is 87.7 Å². The number of nitrogens with one attached hydrogen (secondary N) is 2. The van der Waals surface area contributed by atoms with Crippen LogP contribution in [0.25, 0.3) is 0 Å². The highest BCUT2D eigenvalue weighted by Gasteiger charge is 2.41. The van der Waals surface area contributed by atoms with Crippen LogP contribution in [0.4, 0.5) is 4.79 Å². The van der Waals surface area contributed by atoms with Gasteiger partial charge in [-0.2, -0.15) is 0 Å². The second-order valence-corrected chi connectivity index (χ2v) is 5.32. The van der Waals surface area contributed by atoms with Crippen molar-refractivity contribution in [2.24, 2.45) is 5.41 Å². The molecule has 1 saturated carbocycles. The normalized spacial score (nSPS) is 17.4. The van der Waals surface area contributed by atoms with Gasteiger partial charge in [0.15, 0.2) is 0 Å². The molecule has 1 aliphatic rings. The van der Waals surface area contributed by atoms with E-state index in [0.717, 1.165) is 12.8 Å². The van der Waals surface area contributed by atoms with E-state index in [1.165, 1.54) is 0 Å². The molecule has 0 heterocycles. The van der Waals surface area contributed by atoms with Gasteiger partial charge in [0.25, 0.3) is 0 Å². The minimum atomic E-state index is -0.812. The van der Waals surface area contributed by atoms with E-state index in [-0.39, 0.29) is 18.7 Å². The molecule has 0 bridgehead atoms. The van der Waals surface area contributed by atoms with Crippen molar-refractivity contribution in [2.45, 2.75) is 45.6 Å². The number of ether oxygens (including phenoxy) is 1. The molecule has 0 aromatic carbocycles. The predicted octanol–water partition coefficient (Wildman–Crippen LogP) is 1.36. The fourth-order valence-corrected chi connectivity index (χ4v) is 2.29. The van der Waals surface area contributed by atoms with Crippen molar-refractivity contribution in [3.63, 3.8) is 0 Å². The lowest BCUT2D eigenvalue weighted by Crippen LogP contribution is -2.45. The van der Waals surface area contributed by atoms with Crippen LogP contribution >= 0.6 is 0 Å². The highest BCUT2D eigenvalue weighted by Crippen LogP contribution is 2.37. The summed E-state index contributed by atoms with van der Waals surface area (Å²) in [6, 6.07) is -0.333. The van der Waals surface area contributed by atoms with Crippen molar-refractivity contribution < 1.29 is 19.4 Å². The summed E-state index contributed by atoms with van der Waals surface area (Å²) in [7, 11) is 0. The van der Waals surface area contributed by atoms with E-state index in [0.29, 0.717) is 26.0 Å². The SMILES string of the molecule is CC(C)OCCNC(=O)NCC1(C(=O)O)CCCC1. The van der Waals surface area contributed by atoms with Crippen molar-refractivity contribution in [2.75, 3.05) is 19.7 Å². The summed E-state index contributed by atoms with van der Waals surface area (Å²) in [5, 5.41) is 14.6. The summed E-state index contributed by atoms with van der Waals surface area (Å²) in [6.07, 6.45) is 3.24. The zero-order chi connectivity index (χ0) is 14.3. The number of urea groups is 1. The number of hydrogen-bond donors (Lipinski definition) is 3. The number of carbonyl (C=O) groups is 2. The van der Waals surface area contributed by atoms with Crippen LogP contribution in [0.3, 0.4) is 0 Å². The number of carboxylic acids is 1. The third-order valence-electron chi connectivity index (χ3n) is 3.44. The van der Waals surface area contributed by atoms with Gasteiger partial charge in [0.1, 0.15) is 0 Å². The van der Waals surface area contributed by atoms with E-state index >= 15 is 0 Å². The van der Waals surface area contributed by atoms with Crippen LogP contribution in [0.1, 0.15) is 39.5 Å². The van der Waals surface area contributed by atoms with Crippen molar-refractivity contribution in [3.8, 4) is 0 Å². The molecule has 6 heteroatoms. The van der Waals surface area contributed by atoms with Gasteiger partial charge >= 0.3 is 12.0 Å². The van der Waals surface area contributed by atoms with Crippen LogP contribution in [-0.2, 0) is 9.53 Å². The average molecular weight is 272 g/mol. The molecule has 0 radical (unpaired) electrons. The summed E-state index contributed by atoms with van der Waals surface area (Å²) in [6.45, 7) is 4.92. The zero-order valence-electron chi connectivity index (χ0n) is 11.7. The van der Waals surface area contributed by atoms with Crippen molar-refractivity contribution in [1.82, 2.24) is 10.6 Å². The maximum absolute atomic E-state index is 11.5. The van der Waals surface area contributed by atoms with Crippen LogP contribution in [0, 0.1) is 5.41 Å². The third kappa shape index (κ3) is 5.06. The van der Waals surface area contributed by atoms with E-state index in [9.17, 15) is 14.7 Å². The van der Waals surface area contributed by atoms with Crippen LogP contribution < -0.4 is 10.6 Å². The fourth-order valence-electron chi connectivity index (χ4n) is 2.29. The number of aliphatic carboxylic acids is 1. The molecule has 2 amide bonds. The predicted molar refractivity (Wildman–Crippen MR) is 71.0 cm³/mol. The zero-order valence-corrected chi connectivity index (χ0v) is 11.7. The fraction of sp³-hybridized carbons (Fsp3) is 0.846. The first-order valence-corrected chi connectivity index (χ1v) is 6.83. The van der Waals surface area contributed by atoms with E-state index in [2.05, 4.69) is 10.6 Å². The lowest BCUT2D eigenvalue weighted by atomic mass is 9.86. The minimum absolute atomic E-state index is 0.138.